The third-order valence-corrected chi connectivity index (χ3v) is 3.68. The van der Waals surface area contributed by atoms with E-state index in [0.717, 1.165) is 31.4 Å². The van der Waals surface area contributed by atoms with Crippen molar-refractivity contribution in [3.05, 3.63) is 29.8 Å². The van der Waals surface area contributed by atoms with Gasteiger partial charge in [0.2, 0.25) is 5.91 Å². The summed E-state index contributed by atoms with van der Waals surface area (Å²) >= 11 is 0. The average molecular weight is 246 g/mol. The van der Waals surface area contributed by atoms with Crippen LogP contribution in [0.1, 0.15) is 38.7 Å². The van der Waals surface area contributed by atoms with E-state index in [1.807, 2.05) is 23.1 Å². The number of nitrogens with zero attached hydrogens (tertiary/aromatic N) is 1. The minimum absolute atomic E-state index is 0.0662. The van der Waals surface area contributed by atoms with Crippen molar-refractivity contribution in [2.24, 2.45) is 5.73 Å². The van der Waals surface area contributed by atoms with Gasteiger partial charge in [0.05, 0.1) is 6.04 Å². The second-order valence-electron chi connectivity index (χ2n) is 5.12. The summed E-state index contributed by atoms with van der Waals surface area (Å²) in [4.78, 5) is 14.4. The summed E-state index contributed by atoms with van der Waals surface area (Å²) in [5, 5.41) is 0. The van der Waals surface area contributed by atoms with Gasteiger partial charge in [-0.3, -0.25) is 4.79 Å². The topological polar surface area (TPSA) is 46.3 Å². The first-order chi connectivity index (χ1) is 8.65. The molecule has 0 bridgehead atoms. The van der Waals surface area contributed by atoms with Gasteiger partial charge < -0.3 is 10.6 Å². The fourth-order valence-corrected chi connectivity index (χ4v) is 2.64. The van der Waals surface area contributed by atoms with Gasteiger partial charge in [-0.2, -0.15) is 0 Å². The second-order valence-corrected chi connectivity index (χ2v) is 5.12. The van der Waals surface area contributed by atoms with E-state index < -0.39 is 0 Å². The molecule has 0 spiro atoms. The van der Waals surface area contributed by atoms with Crippen LogP contribution in [0.2, 0.25) is 0 Å². The van der Waals surface area contributed by atoms with E-state index in [1.54, 1.807) is 0 Å². The molecule has 1 amide bonds. The van der Waals surface area contributed by atoms with Crippen molar-refractivity contribution in [2.45, 2.75) is 51.6 Å². The maximum Gasteiger partial charge on any atom is 0.244 e. The van der Waals surface area contributed by atoms with Gasteiger partial charge >= 0.3 is 0 Å². The van der Waals surface area contributed by atoms with E-state index in [2.05, 4.69) is 19.9 Å². The van der Waals surface area contributed by atoms with Gasteiger partial charge in [-0.25, -0.2) is 0 Å². The highest BCUT2D eigenvalue weighted by molar-refractivity contribution is 5.98. The van der Waals surface area contributed by atoms with Gasteiger partial charge in [-0.05, 0) is 37.8 Å². The van der Waals surface area contributed by atoms with E-state index in [9.17, 15) is 4.79 Å². The summed E-state index contributed by atoms with van der Waals surface area (Å²) in [6.45, 7) is 4.16. The van der Waals surface area contributed by atoms with E-state index in [0.29, 0.717) is 0 Å². The van der Waals surface area contributed by atoms with Crippen LogP contribution in [-0.4, -0.2) is 18.0 Å². The third-order valence-electron chi connectivity index (χ3n) is 3.68. The standard InChI is InChI=1S/C15H22N2O/c1-3-6-13(16)15(18)17-11(2)9-10-12-7-4-5-8-14(12)17/h4-5,7-8,11,13H,3,6,9-10,16H2,1-2H3/t11?,13-/m1/s1. The number of aryl methyl sites for hydroxylation is 1. The van der Waals surface area contributed by atoms with Crippen molar-refractivity contribution in [2.75, 3.05) is 4.90 Å². The first-order valence-electron chi connectivity index (χ1n) is 6.81. The Labute approximate surface area is 109 Å². The predicted molar refractivity (Wildman–Crippen MR) is 74.6 cm³/mol. The molecule has 0 saturated carbocycles. The number of benzene rings is 1. The molecule has 0 radical (unpaired) electrons. The summed E-state index contributed by atoms with van der Waals surface area (Å²) in [6.07, 6.45) is 3.76. The van der Waals surface area contributed by atoms with Gasteiger partial charge in [0.15, 0.2) is 0 Å². The zero-order chi connectivity index (χ0) is 13.1. The van der Waals surface area contributed by atoms with Crippen LogP contribution >= 0.6 is 0 Å². The lowest BCUT2D eigenvalue weighted by molar-refractivity contribution is -0.120. The number of hydrogen-bond acceptors (Lipinski definition) is 2. The molecule has 0 aliphatic carbocycles. The van der Waals surface area contributed by atoms with Crippen molar-refractivity contribution < 1.29 is 4.79 Å². The molecule has 1 unspecified atom stereocenters. The van der Waals surface area contributed by atoms with Crippen LogP contribution in [0.15, 0.2) is 24.3 Å². The lowest BCUT2D eigenvalue weighted by Crippen LogP contribution is -2.49. The maximum absolute atomic E-state index is 12.5. The normalized spacial score (nSPS) is 20.4. The molecule has 1 aliphatic rings. The molecule has 0 saturated heterocycles. The fraction of sp³-hybridized carbons (Fsp3) is 0.533. The number of carbonyl (C=O) groups is 1. The predicted octanol–water partition coefficient (Wildman–Crippen LogP) is 2.48. The van der Waals surface area contributed by atoms with Crippen LogP contribution in [0.3, 0.4) is 0 Å². The second kappa shape index (κ2) is 5.53. The van der Waals surface area contributed by atoms with Gasteiger partial charge in [-0.1, -0.05) is 31.5 Å². The number of nitrogens with two attached hydrogens (primary N) is 1. The maximum atomic E-state index is 12.5. The Morgan fingerprint density at radius 2 is 2.22 bits per heavy atom. The van der Waals surface area contributed by atoms with E-state index in [1.165, 1.54) is 5.56 Å². The molecular formula is C15H22N2O. The molecule has 2 atom stereocenters. The fourth-order valence-electron chi connectivity index (χ4n) is 2.64. The third kappa shape index (κ3) is 2.41. The highest BCUT2D eigenvalue weighted by Crippen LogP contribution is 2.30. The highest BCUT2D eigenvalue weighted by atomic mass is 16.2. The quantitative estimate of drug-likeness (QED) is 0.890. The monoisotopic (exact) mass is 246 g/mol. The van der Waals surface area contributed by atoms with Crippen molar-refractivity contribution in [1.29, 1.82) is 0 Å². The number of hydrogen-bond donors (Lipinski definition) is 1. The summed E-state index contributed by atoms with van der Waals surface area (Å²) in [5.41, 5.74) is 8.29. The molecule has 0 aromatic heterocycles. The van der Waals surface area contributed by atoms with Crippen molar-refractivity contribution >= 4 is 11.6 Å². The Kier molecular flexibility index (Phi) is 4.02. The first kappa shape index (κ1) is 13.1. The van der Waals surface area contributed by atoms with Gasteiger partial charge in [-0.15, -0.1) is 0 Å². The largest absolute Gasteiger partial charge is 0.320 e. The van der Waals surface area contributed by atoms with Crippen molar-refractivity contribution in [3.63, 3.8) is 0 Å². The minimum Gasteiger partial charge on any atom is -0.320 e. The molecule has 3 heteroatoms. The lowest BCUT2D eigenvalue weighted by atomic mass is 9.95. The minimum atomic E-state index is -0.372. The highest BCUT2D eigenvalue weighted by Gasteiger charge is 2.30. The summed E-state index contributed by atoms with van der Waals surface area (Å²) in [6, 6.07) is 8.03. The SMILES string of the molecule is CCC[C@@H](N)C(=O)N1c2ccccc2CCC1C. The molecular weight excluding hydrogens is 224 g/mol. The van der Waals surface area contributed by atoms with Crippen LogP contribution < -0.4 is 10.6 Å². The zero-order valence-corrected chi connectivity index (χ0v) is 11.2. The number of rotatable bonds is 3. The Hall–Kier alpha value is -1.35. The summed E-state index contributed by atoms with van der Waals surface area (Å²) in [7, 11) is 0. The van der Waals surface area contributed by atoms with Crippen molar-refractivity contribution in [3.8, 4) is 0 Å². The van der Waals surface area contributed by atoms with Crippen LogP contribution in [0.5, 0.6) is 0 Å². The molecule has 3 nitrogen and oxygen atoms in total. The van der Waals surface area contributed by atoms with Crippen LogP contribution in [0.4, 0.5) is 5.69 Å². The molecule has 18 heavy (non-hydrogen) atoms. The van der Waals surface area contributed by atoms with Gasteiger partial charge in [0.25, 0.3) is 0 Å². The van der Waals surface area contributed by atoms with Gasteiger partial charge in [0.1, 0.15) is 0 Å². The molecule has 1 aromatic carbocycles. The van der Waals surface area contributed by atoms with Crippen LogP contribution in [0, 0.1) is 0 Å². The molecule has 1 aliphatic heterocycles. The summed E-state index contributed by atoms with van der Waals surface area (Å²) in [5.74, 6) is 0.0662. The smallest absolute Gasteiger partial charge is 0.244 e. The molecule has 2 rings (SSSR count). The van der Waals surface area contributed by atoms with E-state index in [4.69, 9.17) is 5.73 Å². The van der Waals surface area contributed by atoms with E-state index >= 15 is 0 Å². The molecule has 98 valence electrons. The lowest BCUT2D eigenvalue weighted by Gasteiger charge is -2.36. The van der Waals surface area contributed by atoms with Crippen LogP contribution in [0.25, 0.3) is 0 Å². The number of carbonyl (C=O) groups excluding carboxylic acids is 1. The first-order valence-corrected chi connectivity index (χ1v) is 6.81. The average Bonchev–Trinajstić information content (AvgIpc) is 2.38. The van der Waals surface area contributed by atoms with E-state index in [-0.39, 0.29) is 18.0 Å². The Morgan fingerprint density at radius 1 is 1.50 bits per heavy atom. The number of anilines is 1. The zero-order valence-electron chi connectivity index (χ0n) is 11.2. The Balaban J connectivity index is 2.29. The Morgan fingerprint density at radius 3 is 2.94 bits per heavy atom. The van der Waals surface area contributed by atoms with Gasteiger partial charge in [0, 0.05) is 11.7 Å². The summed E-state index contributed by atoms with van der Waals surface area (Å²) < 4.78 is 0. The molecule has 1 heterocycles. The number of para-hydroxylation sites is 1. The number of fused-ring (bicyclic) bond motifs is 1. The molecule has 1 aromatic rings. The van der Waals surface area contributed by atoms with Crippen LogP contribution in [-0.2, 0) is 11.2 Å². The Bertz CT molecular complexity index is 430. The molecule has 0 fully saturated rings. The molecule has 2 N–H and O–H groups in total. The van der Waals surface area contributed by atoms with Crippen molar-refractivity contribution in [1.82, 2.24) is 0 Å². The number of amides is 1.